The first kappa shape index (κ1) is 14.0. The van der Waals surface area contributed by atoms with E-state index in [1.165, 1.54) is 0 Å². The minimum Gasteiger partial charge on any atom is -0.479 e. The quantitative estimate of drug-likeness (QED) is 0.689. The second kappa shape index (κ2) is 6.61. The van der Waals surface area contributed by atoms with Crippen LogP contribution in [0.1, 0.15) is 17.5 Å². The van der Waals surface area contributed by atoms with Gasteiger partial charge in [0.25, 0.3) is 0 Å². The van der Waals surface area contributed by atoms with Gasteiger partial charge >= 0.3 is 12.1 Å². The van der Waals surface area contributed by atoms with E-state index in [0.29, 0.717) is 6.42 Å². The number of hydrogen-bond donors (Lipinski definition) is 3. The Morgan fingerprint density at radius 1 is 1.22 bits per heavy atom. The fourth-order valence-corrected chi connectivity index (χ4v) is 1.38. The molecule has 0 saturated heterocycles. The number of rotatable bonds is 6. The number of aliphatic carboxylic acids is 1. The molecule has 1 amide bonds. The number of benzene rings is 1. The van der Waals surface area contributed by atoms with Crippen molar-refractivity contribution >= 4 is 12.1 Å². The van der Waals surface area contributed by atoms with Crippen LogP contribution in [0.25, 0.3) is 0 Å². The molecule has 0 saturated carbocycles. The van der Waals surface area contributed by atoms with E-state index in [4.69, 9.17) is 15.9 Å². The van der Waals surface area contributed by atoms with Crippen LogP contribution in [0.5, 0.6) is 0 Å². The molecule has 98 valence electrons. The summed E-state index contributed by atoms with van der Waals surface area (Å²) in [6.45, 7) is 0.105. The first-order valence-corrected chi connectivity index (χ1v) is 5.40. The van der Waals surface area contributed by atoms with E-state index < -0.39 is 18.2 Å². The molecule has 6 heteroatoms. The van der Waals surface area contributed by atoms with Gasteiger partial charge in [-0.15, -0.1) is 0 Å². The molecule has 6 nitrogen and oxygen atoms in total. The molecule has 0 aromatic heterocycles. The zero-order valence-corrected chi connectivity index (χ0v) is 9.70. The number of carboxylic acid groups (broad SMARTS) is 1. The van der Waals surface area contributed by atoms with Gasteiger partial charge in [-0.25, -0.2) is 9.59 Å². The van der Waals surface area contributed by atoms with E-state index in [-0.39, 0.29) is 13.0 Å². The lowest BCUT2D eigenvalue weighted by molar-refractivity contribution is -0.146. The molecule has 18 heavy (non-hydrogen) atoms. The number of aliphatic hydroxyl groups excluding tert-OH is 1. The van der Waals surface area contributed by atoms with Gasteiger partial charge in [0.05, 0.1) is 0 Å². The topological polar surface area (TPSA) is 110 Å². The molecule has 0 aliphatic heterocycles. The van der Waals surface area contributed by atoms with E-state index in [0.717, 1.165) is 11.1 Å². The number of carbonyl (C=O) groups excluding carboxylic acids is 1. The van der Waals surface area contributed by atoms with Crippen LogP contribution in [-0.2, 0) is 22.6 Å². The van der Waals surface area contributed by atoms with Crippen LogP contribution >= 0.6 is 0 Å². The van der Waals surface area contributed by atoms with Crippen molar-refractivity contribution in [3.63, 3.8) is 0 Å². The average Bonchev–Trinajstić information content (AvgIpc) is 2.34. The lowest BCUT2D eigenvalue weighted by Gasteiger charge is -2.06. The van der Waals surface area contributed by atoms with Crippen LogP contribution in [-0.4, -0.2) is 28.4 Å². The third kappa shape index (κ3) is 4.84. The Morgan fingerprint density at radius 2 is 1.78 bits per heavy atom. The van der Waals surface area contributed by atoms with Crippen LogP contribution in [0, 0.1) is 0 Å². The van der Waals surface area contributed by atoms with Gasteiger partial charge in [0.2, 0.25) is 0 Å². The Morgan fingerprint density at radius 3 is 2.28 bits per heavy atom. The smallest absolute Gasteiger partial charge is 0.404 e. The number of carboxylic acids is 1. The van der Waals surface area contributed by atoms with Gasteiger partial charge in [-0.3, -0.25) is 0 Å². The summed E-state index contributed by atoms with van der Waals surface area (Å²) in [6, 6.07) is 7.08. The van der Waals surface area contributed by atoms with Crippen molar-refractivity contribution in [3.05, 3.63) is 35.4 Å². The summed E-state index contributed by atoms with van der Waals surface area (Å²) in [5.41, 5.74) is 6.52. The first-order chi connectivity index (χ1) is 8.49. The maximum absolute atomic E-state index is 10.4. The summed E-state index contributed by atoms with van der Waals surface area (Å²) in [6.07, 6.45) is -1.55. The van der Waals surface area contributed by atoms with Gasteiger partial charge in [-0.05, 0) is 24.0 Å². The SMILES string of the molecule is NC(=O)OCc1ccc(CC[C@H](O)C(=O)O)cc1. The van der Waals surface area contributed by atoms with Crippen molar-refractivity contribution in [3.8, 4) is 0 Å². The molecule has 0 unspecified atom stereocenters. The summed E-state index contributed by atoms with van der Waals surface area (Å²) in [4.78, 5) is 20.8. The number of aliphatic hydroxyl groups is 1. The van der Waals surface area contributed by atoms with E-state index in [1.807, 2.05) is 0 Å². The fourth-order valence-electron chi connectivity index (χ4n) is 1.38. The van der Waals surface area contributed by atoms with Gasteiger partial charge in [0.1, 0.15) is 6.61 Å². The van der Waals surface area contributed by atoms with Gasteiger partial charge < -0.3 is 20.7 Å². The second-order valence-corrected chi connectivity index (χ2v) is 3.82. The number of amides is 1. The lowest BCUT2D eigenvalue weighted by atomic mass is 10.1. The first-order valence-electron chi connectivity index (χ1n) is 5.40. The zero-order chi connectivity index (χ0) is 13.5. The molecule has 0 bridgehead atoms. The van der Waals surface area contributed by atoms with Crippen LogP contribution in [0.3, 0.4) is 0 Å². The van der Waals surface area contributed by atoms with Crippen LogP contribution < -0.4 is 5.73 Å². The van der Waals surface area contributed by atoms with Crippen molar-refractivity contribution in [2.75, 3.05) is 0 Å². The summed E-state index contributed by atoms with van der Waals surface area (Å²) in [5, 5.41) is 17.6. The Hall–Kier alpha value is -2.08. The number of carbonyl (C=O) groups is 2. The standard InChI is InChI=1S/C12H15NO5/c13-12(17)18-7-9-3-1-8(2-4-9)5-6-10(14)11(15)16/h1-4,10,14H,5-7H2,(H2,13,17)(H,15,16)/t10-/m0/s1. The van der Waals surface area contributed by atoms with Gasteiger partial charge in [0.15, 0.2) is 6.10 Å². The maximum Gasteiger partial charge on any atom is 0.404 e. The third-order valence-electron chi connectivity index (χ3n) is 2.40. The fraction of sp³-hybridized carbons (Fsp3) is 0.333. The van der Waals surface area contributed by atoms with Crippen LogP contribution in [0.15, 0.2) is 24.3 Å². The number of ether oxygens (including phenoxy) is 1. The normalized spacial score (nSPS) is 11.8. The molecular formula is C12H15NO5. The molecule has 1 aromatic rings. The molecule has 0 aliphatic carbocycles. The van der Waals surface area contributed by atoms with Gasteiger partial charge in [-0.2, -0.15) is 0 Å². The van der Waals surface area contributed by atoms with E-state index >= 15 is 0 Å². The Balaban J connectivity index is 2.45. The highest BCUT2D eigenvalue weighted by Gasteiger charge is 2.12. The average molecular weight is 253 g/mol. The number of primary amides is 1. The molecule has 0 radical (unpaired) electrons. The molecule has 0 aliphatic rings. The lowest BCUT2D eigenvalue weighted by Crippen LogP contribution is -2.19. The highest BCUT2D eigenvalue weighted by atomic mass is 16.5. The zero-order valence-electron chi connectivity index (χ0n) is 9.70. The van der Waals surface area contributed by atoms with Crippen molar-refractivity contribution in [2.24, 2.45) is 5.73 Å². The number of nitrogens with two attached hydrogens (primary N) is 1. The van der Waals surface area contributed by atoms with Gasteiger partial charge in [-0.1, -0.05) is 24.3 Å². The Bertz CT molecular complexity index is 415. The predicted molar refractivity (Wildman–Crippen MR) is 62.8 cm³/mol. The summed E-state index contributed by atoms with van der Waals surface area (Å²) < 4.78 is 4.62. The molecule has 1 aromatic carbocycles. The molecule has 4 N–H and O–H groups in total. The summed E-state index contributed by atoms with van der Waals surface area (Å²) >= 11 is 0. The molecule has 0 heterocycles. The van der Waals surface area contributed by atoms with Crippen molar-refractivity contribution < 1.29 is 24.5 Å². The molecule has 0 spiro atoms. The van der Waals surface area contributed by atoms with E-state index in [9.17, 15) is 9.59 Å². The van der Waals surface area contributed by atoms with Crippen LogP contribution in [0.2, 0.25) is 0 Å². The highest BCUT2D eigenvalue weighted by molar-refractivity contribution is 5.71. The Labute approximate surface area is 104 Å². The summed E-state index contributed by atoms with van der Waals surface area (Å²) in [5.74, 6) is -1.22. The molecular weight excluding hydrogens is 238 g/mol. The van der Waals surface area contributed by atoms with Crippen molar-refractivity contribution in [1.29, 1.82) is 0 Å². The predicted octanol–water partition coefficient (Wildman–Crippen LogP) is 0.660. The molecule has 1 rings (SSSR count). The van der Waals surface area contributed by atoms with Gasteiger partial charge in [0, 0.05) is 0 Å². The largest absolute Gasteiger partial charge is 0.479 e. The van der Waals surface area contributed by atoms with Crippen molar-refractivity contribution in [1.82, 2.24) is 0 Å². The summed E-state index contributed by atoms with van der Waals surface area (Å²) in [7, 11) is 0. The third-order valence-corrected chi connectivity index (χ3v) is 2.40. The molecule has 0 fully saturated rings. The monoisotopic (exact) mass is 253 g/mol. The number of hydrogen-bond acceptors (Lipinski definition) is 4. The highest BCUT2D eigenvalue weighted by Crippen LogP contribution is 2.09. The minimum absolute atomic E-state index is 0.105. The maximum atomic E-state index is 10.4. The minimum atomic E-state index is -1.34. The number of aryl methyl sites for hydroxylation is 1. The van der Waals surface area contributed by atoms with Crippen molar-refractivity contribution in [2.45, 2.75) is 25.6 Å². The second-order valence-electron chi connectivity index (χ2n) is 3.82. The van der Waals surface area contributed by atoms with E-state index in [2.05, 4.69) is 4.74 Å². The van der Waals surface area contributed by atoms with Crippen LogP contribution in [0.4, 0.5) is 4.79 Å². The Kier molecular flexibility index (Phi) is 5.13. The molecule has 1 atom stereocenters. The van der Waals surface area contributed by atoms with E-state index in [1.54, 1.807) is 24.3 Å².